The van der Waals surface area contributed by atoms with Crippen LogP contribution in [0.1, 0.15) is 56.1 Å². The SMILES string of the molecule is CCn1c(C2CCc3ncn(C)c3C2)nnc1C(C)(C)Oc1c(F)cc(Cl)cc1F. The summed E-state index contributed by atoms with van der Waals surface area (Å²) in [7, 11) is 2.00. The largest absolute Gasteiger partial charge is 0.474 e. The summed E-state index contributed by atoms with van der Waals surface area (Å²) in [6.07, 6.45) is 4.47. The van der Waals surface area contributed by atoms with Gasteiger partial charge < -0.3 is 13.9 Å². The van der Waals surface area contributed by atoms with Crippen LogP contribution in [0.25, 0.3) is 0 Å². The highest BCUT2D eigenvalue weighted by atomic mass is 35.5. The smallest absolute Gasteiger partial charge is 0.192 e. The number of hydrogen-bond donors (Lipinski definition) is 0. The molecular formula is C21H24ClF2N5O. The van der Waals surface area contributed by atoms with E-state index in [1.807, 2.05) is 29.4 Å². The maximum Gasteiger partial charge on any atom is 0.192 e. The summed E-state index contributed by atoms with van der Waals surface area (Å²) >= 11 is 5.72. The van der Waals surface area contributed by atoms with Crippen molar-refractivity contribution in [1.29, 1.82) is 0 Å². The lowest BCUT2D eigenvalue weighted by Gasteiger charge is -2.28. The van der Waals surface area contributed by atoms with Gasteiger partial charge in [0.05, 0.1) is 12.0 Å². The minimum atomic E-state index is -1.11. The molecule has 0 fully saturated rings. The lowest BCUT2D eigenvalue weighted by molar-refractivity contribution is 0.0823. The molecule has 2 aromatic heterocycles. The number of hydrogen-bond acceptors (Lipinski definition) is 4. The Hall–Kier alpha value is -2.48. The van der Waals surface area contributed by atoms with Crippen molar-refractivity contribution in [3.05, 3.63) is 58.2 Å². The molecule has 0 amide bonds. The average molecular weight is 436 g/mol. The van der Waals surface area contributed by atoms with Gasteiger partial charge in [-0.25, -0.2) is 13.8 Å². The van der Waals surface area contributed by atoms with Crippen LogP contribution in [0.2, 0.25) is 5.02 Å². The number of aromatic nitrogens is 5. The van der Waals surface area contributed by atoms with Gasteiger partial charge in [-0.2, -0.15) is 0 Å². The summed E-state index contributed by atoms with van der Waals surface area (Å²) < 4.78 is 38.4. The van der Waals surface area contributed by atoms with E-state index in [0.717, 1.165) is 42.9 Å². The van der Waals surface area contributed by atoms with Crippen LogP contribution in [-0.2, 0) is 32.0 Å². The molecule has 0 spiro atoms. The molecule has 30 heavy (non-hydrogen) atoms. The standard InChI is InChI=1S/C21H24ClF2N5O/c1-5-29-19(12-6-7-16-17(8-12)28(4)11-25-16)26-27-20(29)21(2,3)30-18-14(23)9-13(22)10-15(18)24/h9-12H,5-8H2,1-4H3. The molecule has 0 bridgehead atoms. The first-order chi connectivity index (χ1) is 14.2. The summed E-state index contributed by atoms with van der Waals surface area (Å²) in [5.74, 6) is -0.626. The van der Waals surface area contributed by atoms with Crippen LogP contribution in [0.3, 0.4) is 0 Å². The van der Waals surface area contributed by atoms with Crippen LogP contribution in [0, 0.1) is 11.6 Å². The van der Waals surface area contributed by atoms with Crippen molar-refractivity contribution in [3.8, 4) is 5.75 Å². The van der Waals surface area contributed by atoms with Gasteiger partial charge in [-0.15, -0.1) is 10.2 Å². The van der Waals surface area contributed by atoms with Crippen LogP contribution in [0.15, 0.2) is 18.5 Å². The van der Waals surface area contributed by atoms with Crippen molar-refractivity contribution in [2.24, 2.45) is 7.05 Å². The minimum absolute atomic E-state index is 0.0269. The van der Waals surface area contributed by atoms with Crippen LogP contribution in [-0.4, -0.2) is 24.3 Å². The van der Waals surface area contributed by atoms with E-state index in [9.17, 15) is 8.78 Å². The van der Waals surface area contributed by atoms with Gasteiger partial charge in [0, 0.05) is 30.2 Å². The molecule has 6 nitrogen and oxygen atoms in total. The van der Waals surface area contributed by atoms with E-state index >= 15 is 0 Å². The Bertz CT molecular complexity index is 1070. The van der Waals surface area contributed by atoms with Gasteiger partial charge in [0.25, 0.3) is 0 Å². The zero-order chi connectivity index (χ0) is 21.6. The average Bonchev–Trinajstić information content (AvgIpc) is 3.28. The number of halogens is 3. The predicted molar refractivity (Wildman–Crippen MR) is 109 cm³/mol. The van der Waals surface area contributed by atoms with Crippen molar-refractivity contribution in [1.82, 2.24) is 24.3 Å². The molecule has 1 aromatic carbocycles. The second-order valence-electron chi connectivity index (χ2n) is 8.13. The zero-order valence-corrected chi connectivity index (χ0v) is 18.2. The highest BCUT2D eigenvalue weighted by Crippen LogP contribution is 2.35. The molecule has 2 heterocycles. The van der Waals surface area contributed by atoms with Gasteiger partial charge in [0.2, 0.25) is 0 Å². The highest BCUT2D eigenvalue weighted by molar-refractivity contribution is 6.30. The molecule has 0 saturated carbocycles. The minimum Gasteiger partial charge on any atom is -0.474 e. The van der Waals surface area contributed by atoms with E-state index in [1.54, 1.807) is 13.8 Å². The molecule has 9 heteroatoms. The summed E-state index contributed by atoms with van der Waals surface area (Å²) in [6.45, 7) is 6.06. The fraction of sp³-hybridized carbons (Fsp3) is 0.476. The number of aryl methyl sites for hydroxylation is 2. The van der Waals surface area contributed by atoms with Gasteiger partial charge >= 0.3 is 0 Å². The zero-order valence-electron chi connectivity index (χ0n) is 17.4. The van der Waals surface area contributed by atoms with Crippen molar-refractivity contribution in [3.63, 3.8) is 0 Å². The van der Waals surface area contributed by atoms with Gasteiger partial charge in [0.15, 0.2) is 28.8 Å². The van der Waals surface area contributed by atoms with Gasteiger partial charge in [-0.1, -0.05) is 11.6 Å². The third-order valence-electron chi connectivity index (χ3n) is 5.63. The van der Waals surface area contributed by atoms with Crippen molar-refractivity contribution in [2.45, 2.75) is 58.1 Å². The molecular weight excluding hydrogens is 412 g/mol. The first-order valence-electron chi connectivity index (χ1n) is 9.97. The maximum absolute atomic E-state index is 14.3. The Morgan fingerprint density at radius 1 is 1.23 bits per heavy atom. The number of nitrogens with zero attached hydrogens (tertiary/aromatic N) is 5. The summed E-state index contributed by atoms with van der Waals surface area (Å²) in [6, 6.07) is 2.05. The Kier molecular flexibility index (Phi) is 5.30. The third-order valence-corrected chi connectivity index (χ3v) is 5.85. The molecule has 1 aliphatic rings. The Balaban J connectivity index is 1.66. The van der Waals surface area contributed by atoms with E-state index < -0.39 is 23.0 Å². The monoisotopic (exact) mass is 435 g/mol. The Morgan fingerprint density at radius 3 is 2.60 bits per heavy atom. The van der Waals surface area contributed by atoms with Crippen molar-refractivity contribution >= 4 is 11.6 Å². The van der Waals surface area contributed by atoms with Gasteiger partial charge in [0.1, 0.15) is 5.82 Å². The molecule has 3 aromatic rings. The first kappa shape index (κ1) is 20.8. The number of benzene rings is 1. The molecule has 1 aliphatic carbocycles. The molecule has 0 N–H and O–H groups in total. The lowest BCUT2D eigenvalue weighted by atomic mass is 9.89. The molecule has 160 valence electrons. The molecule has 0 saturated heterocycles. The van der Waals surface area contributed by atoms with Crippen LogP contribution in [0.4, 0.5) is 8.78 Å². The van der Waals surface area contributed by atoms with Crippen LogP contribution in [0.5, 0.6) is 5.75 Å². The number of imidazole rings is 1. The van der Waals surface area contributed by atoms with E-state index in [1.165, 1.54) is 5.69 Å². The summed E-state index contributed by atoms with van der Waals surface area (Å²) in [4.78, 5) is 4.46. The summed E-state index contributed by atoms with van der Waals surface area (Å²) in [5, 5.41) is 8.80. The fourth-order valence-corrected chi connectivity index (χ4v) is 4.33. The maximum atomic E-state index is 14.3. The van der Waals surface area contributed by atoms with Gasteiger partial charge in [-0.05, 0) is 52.2 Å². The van der Waals surface area contributed by atoms with Crippen molar-refractivity contribution < 1.29 is 13.5 Å². The third kappa shape index (κ3) is 3.57. The molecule has 1 atom stereocenters. The quantitative estimate of drug-likeness (QED) is 0.590. The van der Waals surface area contributed by atoms with E-state index in [4.69, 9.17) is 16.3 Å². The van der Waals surface area contributed by atoms with Gasteiger partial charge in [-0.3, -0.25) is 0 Å². The van der Waals surface area contributed by atoms with E-state index in [-0.39, 0.29) is 10.9 Å². The van der Waals surface area contributed by atoms with Crippen LogP contribution >= 0.6 is 11.6 Å². The van der Waals surface area contributed by atoms with Crippen molar-refractivity contribution in [2.75, 3.05) is 0 Å². The lowest BCUT2D eigenvalue weighted by Crippen LogP contribution is -2.31. The second-order valence-corrected chi connectivity index (χ2v) is 8.56. The molecule has 1 unspecified atom stereocenters. The number of ether oxygens (including phenoxy) is 1. The fourth-order valence-electron chi connectivity index (χ4n) is 4.14. The summed E-state index contributed by atoms with van der Waals surface area (Å²) in [5.41, 5.74) is 1.23. The number of rotatable bonds is 5. The predicted octanol–water partition coefficient (Wildman–Crippen LogP) is 4.55. The number of fused-ring (bicyclic) bond motifs is 1. The molecule has 0 aliphatic heterocycles. The second kappa shape index (κ2) is 7.65. The molecule has 4 rings (SSSR count). The topological polar surface area (TPSA) is 57.8 Å². The normalized spacial score (nSPS) is 16.6. The Morgan fingerprint density at radius 2 is 1.93 bits per heavy atom. The first-order valence-corrected chi connectivity index (χ1v) is 10.3. The van der Waals surface area contributed by atoms with Crippen LogP contribution < -0.4 is 4.74 Å². The Labute approximate surface area is 178 Å². The molecule has 0 radical (unpaired) electrons. The van der Waals surface area contributed by atoms with E-state index in [2.05, 4.69) is 15.2 Å². The highest BCUT2D eigenvalue weighted by Gasteiger charge is 2.35. The van der Waals surface area contributed by atoms with E-state index in [0.29, 0.717) is 12.4 Å².